The number of halogens is 3. The Bertz CT molecular complexity index is 1040. The number of hydrogen-bond donors (Lipinski definition) is 1. The van der Waals surface area contributed by atoms with Gasteiger partial charge in [-0.1, -0.05) is 87.8 Å². The molecule has 0 aliphatic heterocycles. The van der Waals surface area contributed by atoms with E-state index < -0.39 is 13.1 Å². The molecular weight excluding hydrogens is 689 g/mol. The maximum absolute atomic E-state index is 11.1. The molecule has 0 heterocycles. The summed E-state index contributed by atoms with van der Waals surface area (Å²) in [5, 5.41) is 7.42. The summed E-state index contributed by atoms with van der Waals surface area (Å²) in [7, 11) is 7.50. The van der Waals surface area contributed by atoms with Gasteiger partial charge in [-0.3, -0.25) is 18.8 Å². The summed E-state index contributed by atoms with van der Waals surface area (Å²) >= 11 is 7.39. The molecule has 11 heteroatoms. The number of esters is 2. The fourth-order valence-electron chi connectivity index (χ4n) is 4.04. The van der Waals surface area contributed by atoms with Gasteiger partial charge < -0.3 is 24.5 Å². The van der Waals surface area contributed by atoms with Gasteiger partial charge in [-0.25, -0.2) is 0 Å². The minimum Gasteiger partial charge on any atom is -0.870 e. The average Bonchev–Trinajstić information content (AvgIpc) is 2.87. The molecular formula is C32H50Br2FNO7. The van der Waals surface area contributed by atoms with Crippen LogP contribution in [0.3, 0.4) is 0 Å². The zero-order valence-electron chi connectivity index (χ0n) is 26.5. The van der Waals surface area contributed by atoms with Crippen molar-refractivity contribution in [2.24, 2.45) is 0 Å². The van der Waals surface area contributed by atoms with Crippen molar-refractivity contribution in [3.63, 3.8) is 0 Å². The summed E-state index contributed by atoms with van der Waals surface area (Å²) in [6.45, 7) is 3.89. The first-order valence-corrected chi connectivity index (χ1v) is 15.0. The molecule has 0 aromatic heterocycles. The third kappa shape index (κ3) is 19.5. The Morgan fingerprint density at radius 1 is 0.767 bits per heavy atom. The third-order valence-electron chi connectivity index (χ3n) is 5.34. The van der Waals surface area contributed by atoms with E-state index in [1.807, 2.05) is 24.3 Å². The maximum atomic E-state index is 11.1. The van der Waals surface area contributed by atoms with Crippen molar-refractivity contribution in [2.75, 3.05) is 35.3 Å². The Balaban J connectivity index is -0.000000559. The van der Waals surface area contributed by atoms with Gasteiger partial charge in [0.1, 0.15) is 12.2 Å². The highest BCUT2D eigenvalue weighted by Gasteiger charge is 2.30. The molecule has 4 rings (SSSR count). The van der Waals surface area contributed by atoms with Crippen LogP contribution in [0.5, 0.6) is 0 Å². The Labute approximate surface area is 275 Å². The van der Waals surface area contributed by atoms with Gasteiger partial charge in [0.05, 0.1) is 36.7 Å². The average molecular weight is 741 g/mol. The van der Waals surface area contributed by atoms with E-state index in [0.29, 0.717) is 22.5 Å². The number of carbonyl (C=O) groups is 3. The monoisotopic (exact) mass is 738 g/mol. The molecule has 0 amide bonds. The molecule has 8 nitrogen and oxygen atoms in total. The number of nitrogens with zero attached hydrogens (tertiary/aromatic N) is 1. The van der Waals surface area contributed by atoms with Gasteiger partial charge in [0, 0.05) is 30.4 Å². The highest BCUT2D eigenvalue weighted by atomic mass is 79.9. The first kappa shape index (κ1) is 42.8. The molecule has 2 aliphatic carbocycles. The van der Waals surface area contributed by atoms with Crippen molar-refractivity contribution in [3.8, 4) is 0 Å². The third-order valence-corrected chi connectivity index (χ3v) is 7.24. The molecule has 0 spiro atoms. The second kappa shape index (κ2) is 23.1. The van der Waals surface area contributed by atoms with Gasteiger partial charge >= 0.3 is 11.9 Å². The lowest BCUT2D eigenvalue weighted by Crippen LogP contribution is -2.27. The summed E-state index contributed by atoms with van der Waals surface area (Å²) in [5.74, 6) is -1.42. The molecule has 0 saturated carbocycles. The van der Waals surface area contributed by atoms with Crippen LogP contribution in [0.15, 0.2) is 48.5 Å². The van der Waals surface area contributed by atoms with Crippen molar-refractivity contribution in [1.82, 2.24) is 0 Å². The van der Waals surface area contributed by atoms with Crippen molar-refractivity contribution >= 4 is 49.8 Å². The van der Waals surface area contributed by atoms with Crippen LogP contribution in [-0.4, -0.2) is 68.3 Å². The molecule has 43 heavy (non-hydrogen) atoms. The van der Waals surface area contributed by atoms with Gasteiger partial charge in [0.25, 0.3) is 5.97 Å². The number of quaternary nitrogens is 1. The topological polar surface area (TPSA) is 120 Å². The highest BCUT2D eigenvalue weighted by Crippen LogP contribution is 2.44. The van der Waals surface area contributed by atoms with E-state index in [1.54, 1.807) is 0 Å². The minimum atomic E-state index is -1.00. The number of alkyl halides is 3. The smallest absolute Gasteiger partial charge is 0.303 e. The zero-order valence-corrected chi connectivity index (χ0v) is 28.7. The zero-order chi connectivity index (χ0) is 32.5. The van der Waals surface area contributed by atoms with E-state index in [2.05, 4.69) is 84.3 Å². The lowest BCUT2D eigenvalue weighted by molar-refractivity contribution is -0.849. The molecule has 0 bridgehead atoms. The number of benzene rings is 2. The van der Waals surface area contributed by atoms with E-state index in [4.69, 9.17) is 20.7 Å². The quantitative estimate of drug-likeness (QED) is 0.186. The standard InChI is InChI=1S/C14H16O4.C10H10Br2.C4H12N.C2H4O2.CH3F.CH4.H2O/c1-9(15)17-13-7-8-14(18-10(2)16)12-6-4-3-5-11(12)13;11-9-5-6-10(12)8-4-2-1-3-7(8)9;1-5(2,3)4;1-2(3)4;1-2;;/h3-6,13-14H,7-8H2,1-2H3;1-4,9-10H,5-6H2;1-4H3;1H3,(H,3,4);1H3;1H4;1H2/q;;+1;;;;/p-1/i;;;;1D;;. The van der Waals surface area contributed by atoms with Crippen molar-refractivity contribution in [3.05, 3.63) is 70.8 Å². The first-order chi connectivity index (χ1) is 19.5. The number of carbonyl (C=O) groups excluding carboxylic acids is 2. The van der Waals surface area contributed by atoms with Crippen molar-refractivity contribution in [2.45, 2.75) is 75.7 Å². The number of carboxylic acid groups (broad SMARTS) is 1. The van der Waals surface area contributed by atoms with Crippen LogP contribution in [0.2, 0.25) is 0 Å². The van der Waals surface area contributed by atoms with Crippen LogP contribution in [-0.2, 0) is 23.9 Å². The first-order valence-electron chi connectivity index (χ1n) is 13.9. The summed E-state index contributed by atoms with van der Waals surface area (Å²) in [6.07, 6.45) is 3.35. The van der Waals surface area contributed by atoms with Crippen LogP contribution < -0.4 is 0 Å². The van der Waals surface area contributed by atoms with E-state index in [9.17, 15) is 14.0 Å². The molecule has 2 aliphatic rings. The van der Waals surface area contributed by atoms with Gasteiger partial charge in [0.15, 0.2) is 0 Å². The second-order valence-electron chi connectivity index (χ2n) is 10.7. The summed E-state index contributed by atoms with van der Waals surface area (Å²) in [6, 6.07) is 16.3. The predicted molar refractivity (Wildman–Crippen MR) is 177 cm³/mol. The molecule has 0 fully saturated rings. The lowest BCUT2D eigenvalue weighted by atomic mass is 9.87. The predicted octanol–water partition coefficient (Wildman–Crippen LogP) is 8.50. The number of ether oxygens (including phenoxy) is 2. The van der Waals surface area contributed by atoms with E-state index in [-0.39, 0.29) is 37.0 Å². The van der Waals surface area contributed by atoms with Crippen molar-refractivity contribution in [1.29, 1.82) is 0 Å². The van der Waals surface area contributed by atoms with Gasteiger partial charge in [0.2, 0.25) is 0 Å². The largest absolute Gasteiger partial charge is 0.870 e. The Kier molecular flexibility index (Phi) is 23.0. The SMILES string of the molecule is BrC1CCC(Br)c2ccccc21.C.CC(=O)O.CC(=O)OC1CCC(OC(C)=O)c2ccccc21.C[N+](C)(C)C.[2H]CF.[OH-]. The molecule has 2 N–H and O–H groups in total. The van der Waals surface area contributed by atoms with Crippen LogP contribution in [0, 0.1) is 0 Å². The van der Waals surface area contributed by atoms with E-state index in [1.165, 1.54) is 37.8 Å². The van der Waals surface area contributed by atoms with E-state index >= 15 is 0 Å². The Morgan fingerprint density at radius 2 is 1.00 bits per heavy atom. The van der Waals surface area contributed by atoms with Gasteiger partial charge in [-0.2, -0.15) is 0 Å². The fourth-order valence-corrected chi connectivity index (χ4v) is 5.40. The number of fused-ring (bicyclic) bond motifs is 2. The number of carboxylic acids is 1. The van der Waals surface area contributed by atoms with Gasteiger partial charge in [-0.05, 0) is 47.9 Å². The number of hydrogen-bond acceptors (Lipinski definition) is 6. The van der Waals surface area contributed by atoms with Gasteiger partial charge in [-0.15, -0.1) is 0 Å². The molecule has 0 radical (unpaired) electrons. The fraction of sp³-hybridized carbons (Fsp3) is 0.531. The highest BCUT2D eigenvalue weighted by molar-refractivity contribution is 9.09. The molecule has 246 valence electrons. The molecule has 2 aromatic carbocycles. The summed E-state index contributed by atoms with van der Waals surface area (Å²) in [5.41, 5.74) is 4.77. The van der Waals surface area contributed by atoms with Crippen LogP contribution in [0.4, 0.5) is 4.39 Å². The van der Waals surface area contributed by atoms with Crippen LogP contribution >= 0.6 is 31.9 Å². The maximum Gasteiger partial charge on any atom is 0.303 e. The van der Waals surface area contributed by atoms with E-state index in [0.717, 1.165) is 22.5 Å². The molecule has 0 saturated heterocycles. The van der Waals surface area contributed by atoms with Crippen LogP contribution in [0.1, 0.15) is 99.4 Å². The Hall–Kier alpha value is -2.34. The minimum absolute atomic E-state index is 0. The number of rotatable bonds is 2. The second-order valence-corrected chi connectivity index (χ2v) is 13.0. The Morgan fingerprint density at radius 3 is 1.23 bits per heavy atom. The number of aliphatic carboxylic acids is 1. The van der Waals surface area contributed by atoms with Crippen molar-refractivity contribution < 1.29 is 44.7 Å². The molecule has 4 unspecified atom stereocenters. The lowest BCUT2D eigenvalue weighted by Gasteiger charge is -2.30. The summed E-state index contributed by atoms with van der Waals surface area (Å²) < 4.78 is 27.1. The van der Waals surface area contributed by atoms with Crippen LogP contribution in [0.25, 0.3) is 0 Å². The summed E-state index contributed by atoms with van der Waals surface area (Å²) in [4.78, 5) is 32.3. The normalized spacial score (nSPS) is 19.4. The molecule has 4 atom stereocenters. The molecule has 2 aromatic rings.